The predicted molar refractivity (Wildman–Crippen MR) is 198 cm³/mol. The highest BCUT2D eigenvalue weighted by Crippen LogP contribution is 2.53. The van der Waals surface area contributed by atoms with Gasteiger partial charge in [-0.3, -0.25) is 9.69 Å². The van der Waals surface area contributed by atoms with E-state index in [0.717, 1.165) is 79.7 Å². The number of amides is 1. The van der Waals surface area contributed by atoms with E-state index in [1.807, 2.05) is 54.9 Å². The summed E-state index contributed by atoms with van der Waals surface area (Å²) in [6, 6.07) is 18.9. The van der Waals surface area contributed by atoms with Gasteiger partial charge in [0, 0.05) is 44.0 Å². The number of hydrogen-bond acceptors (Lipinski definition) is 8. The number of nitrogens with one attached hydrogen (secondary N) is 1. The molecule has 0 unspecified atom stereocenters. The first-order chi connectivity index (χ1) is 25.1. The van der Waals surface area contributed by atoms with Gasteiger partial charge in [0.25, 0.3) is 15.9 Å². The van der Waals surface area contributed by atoms with Crippen LogP contribution in [0.4, 0.5) is 5.69 Å². The van der Waals surface area contributed by atoms with Gasteiger partial charge in [0.15, 0.2) is 0 Å². The van der Waals surface area contributed by atoms with Crippen LogP contribution < -0.4 is 5.32 Å². The van der Waals surface area contributed by atoms with Crippen molar-refractivity contribution in [2.45, 2.75) is 81.6 Å². The van der Waals surface area contributed by atoms with Crippen LogP contribution in [0.5, 0.6) is 0 Å². The molecule has 11 nitrogen and oxygen atoms in total. The summed E-state index contributed by atoms with van der Waals surface area (Å²) < 4.78 is 31.9. The van der Waals surface area contributed by atoms with Crippen molar-refractivity contribution in [3.8, 4) is 6.07 Å². The number of pyridine rings is 1. The maximum absolute atomic E-state index is 14.3. The Kier molecular flexibility index (Phi) is 8.74. The van der Waals surface area contributed by atoms with Crippen molar-refractivity contribution in [2.24, 2.45) is 18.9 Å². The minimum absolute atomic E-state index is 0.200. The average molecular weight is 717 g/mol. The summed E-state index contributed by atoms with van der Waals surface area (Å²) in [4.78, 5) is 21.7. The van der Waals surface area contributed by atoms with E-state index in [1.165, 1.54) is 3.97 Å². The van der Waals surface area contributed by atoms with Crippen molar-refractivity contribution in [1.82, 2.24) is 28.6 Å². The van der Waals surface area contributed by atoms with Gasteiger partial charge in [0.2, 0.25) is 0 Å². The second kappa shape index (κ2) is 13.3. The molecule has 12 heteroatoms. The van der Waals surface area contributed by atoms with E-state index >= 15 is 0 Å². The van der Waals surface area contributed by atoms with Gasteiger partial charge < -0.3 is 9.88 Å². The smallest absolute Gasteiger partial charge is 0.274 e. The molecule has 0 radical (unpaired) electrons. The van der Waals surface area contributed by atoms with Crippen molar-refractivity contribution < 1.29 is 13.2 Å². The van der Waals surface area contributed by atoms with Crippen molar-refractivity contribution >= 4 is 32.7 Å². The third-order valence-electron chi connectivity index (χ3n) is 11.3. The third-order valence-corrected chi connectivity index (χ3v) is 12.9. The molecule has 2 aliphatic carbocycles. The van der Waals surface area contributed by atoms with Crippen LogP contribution >= 0.6 is 0 Å². The van der Waals surface area contributed by atoms with Gasteiger partial charge in [0.1, 0.15) is 17.8 Å². The summed E-state index contributed by atoms with van der Waals surface area (Å²) in [6.07, 6.45) is 9.62. The zero-order valence-corrected chi connectivity index (χ0v) is 30.7. The third kappa shape index (κ3) is 6.20. The number of nitriles is 1. The minimum atomic E-state index is -3.94. The van der Waals surface area contributed by atoms with E-state index < -0.39 is 15.4 Å². The predicted octanol–water partition coefficient (Wildman–Crippen LogP) is 6.68. The van der Waals surface area contributed by atoms with Crippen molar-refractivity contribution in [3.05, 3.63) is 101 Å². The molecule has 0 spiro atoms. The Morgan fingerprint density at radius 3 is 2.58 bits per heavy atom. The van der Waals surface area contributed by atoms with Gasteiger partial charge in [-0.05, 0) is 111 Å². The van der Waals surface area contributed by atoms with Gasteiger partial charge in [-0.2, -0.15) is 5.26 Å². The summed E-state index contributed by atoms with van der Waals surface area (Å²) >= 11 is 0. The Morgan fingerprint density at radius 1 is 1.10 bits per heavy atom. The van der Waals surface area contributed by atoms with E-state index in [1.54, 1.807) is 30.7 Å². The number of aromatic nitrogens is 5. The molecule has 2 saturated carbocycles. The van der Waals surface area contributed by atoms with Gasteiger partial charge in [-0.1, -0.05) is 36.8 Å². The number of rotatable bonds is 10. The van der Waals surface area contributed by atoms with Gasteiger partial charge in [-0.15, -0.1) is 10.2 Å². The summed E-state index contributed by atoms with van der Waals surface area (Å²) in [5.41, 5.74) is 5.26. The first-order valence-corrected chi connectivity index (χ1v) is 19.7. The molecule has 52 heavy (non-hydrogen) atoms. The fourth-order valence-corrected chi connectivity index (χ4v) is 9.86. The maximum Gasteiger partial charge on any atom is 0.274 e. The highest BCUT2D eigenvalue weighted by Gasteiger charge is 2.49. The molecule has 4 heterocycles. The molecular formula is C40H44N8O3S. The van der Waals surface area contributed by atoms with Crippen LogP contribution in [0.1, 0.15) is 96.4 Å². The molecule has 3 fully saturated rings. The number of hydrogen-bond donors (Lipinski definition) is 1. The lowest BCUT2D eigenvalue weighted by atomic mass is 9.57. The van der Waals surface area contributed by atoms with Crippen LogP contribution in [0.15, 0.2) is 72.0 Å². The number of piperidine rings is 1. The van der Waals surface area contributed by atoms with Crippen molar-refractivity contribution in [3.63, 3.8) is 0 Å². The van der Waals surface area contributed by atoms with Gasteiger partial charge in [0.05, 0.1) is 27.4 Å². The first-order valence-electron chi connectivity index (χ1n) is 18.3. The second-order valence-corrected chi connectivity index (χ2v) is 17.2. The fourth-order valence-electron chi connectivity index (χ4n) is 8.46. The second-order valence-electron chi connectivity index (χ2n) is 15.3. The zero-order chi connectivity index (χ0) is 36.2. The quantitative estimate of drug-likeness (QED) is 0.169. The molecule has 3 aromatic heterocycles. The highest BCUT2D eigenvalue weighted by atomic mass is 32.2. The number of likely N-dealkylation sites (tertiary alicyclic amines) is 1. The van der Waals surface area contributed by atoms with Crippen LogP contribution in [0.2, 0.25) is 0 Å². The molecule has 3 aliphatic rings. The lowest BCUT2D eigenvalue weighted by Gasteiger charge is -2.46. The van der Waals surface area contributed by atoms with Crippen LogP contribution in [0, 0.1) is 30.1 Å². The molecule has 1 amide bonds. The van der Waals surface area contributed by atoms with Crippen molar-refractivity contribution in [2.75, 3.05) is 18.4 Å². The zero-order valence-electron chi connectivity index (χ0n) is 29.9. The number of carbonyl (C=O) groups is 1. The Labute approximate surface area is 304 Å². The van der Waals surface area contributed by atoms with Crippen LogP contribution in [-0.2, 0) is 29.0 Å². The van der Waals surface area contributed by atoms with Gasteiger partial charge >= 0.3 is 0 Å². The van der Waals surface area contributed by atoms with Crippen molar-refractivity contribution in [1.29, 1.82) is 5.26 Å². The molecule has 2 aromatic carbocycles. The van der Waals surface area contributed by atoms with Crippen LogP contribution in [0.3, 0.4) is 0 Å². The van der Waals surface area contributed by atoms with E-state index in [-0.39, 0.29) is 28.3 Å². The molecule has 1 N–H and O–H groups in total. The number of aryl methyl sites for hydroxylation is 2. The minimum Gasteiger partial charge on any atom is -0.321 e. The average Bonchev–Trinajstić information content (AvgIpc) is 3.73. The van der Waals surface area contributed by atoms with E-state index in [9.17, 15) is 18.5 Å². The van der Waals surface area contributed by atoms with E-state index in [2.05, 4.69) is 33.4 Å². The van der Waals surface area contributed by atoms with E-state index in [4.69, 9.17) is 4.98 Å². The topological polar surface area (TPSA) is 139 Å². The number of benzene rings is 2. The molecule has 0 bridgehead atoms. The molecule has 5 aromatic rings. The standard InChI is InChI=1S/C40H44N8O3S/c1-26-9-13-33(14-10-26)52(50,51)48-24-34(29-11-12-29)36-37(48)30(23-47-17-5-6-27(2)22-47)18-35(44-36)38(49)43-32-8-4-7-31(19-32)40(20-28(21-40)15-16-41)39-45-42-25-46(39)3/h4,7-10,13-14,18-19,24-25,27-29H,5-6,11-12,15,17,20-23H2,1-3H3,(H,43,49)/t27-,28?,40?/m0/s1. The lowest BCUT2D eigenvalue weighted by molar-refractivity contribution is 0.102. The first kappa shape index (κ1) is 34.2. The summed E-state index contributed by atoms with van der Waals surface area (Å²) in [5.74, 6) is 1.48. The molecule has 1 saturated heterocycles. The number of fused-ring (bicyclic) bond motifs is 1. The molecule has 1 aliphatic heterocycles. The van der Waals surface area contributed by atoms with E-state index in [0.29, 0.717) is 35.6 Å². The normalized spacial score (nSPS) is 22.2. The lowest BCUT2D eigenvalue weighted by Crippen LogP contribution is -2.44. The molecule has 1 atom stereocenters. The Morgan fingerprint density at radius 2 is 1.88 bits per heavy atom. The number of carbonyl (C=O) groups excluding carboxylic acids is 1. The monoisotopic (exact) mass is 716 g/mol. The van der Waals surface area contributed by atoms with Crippen LogP contribution in [-0.4, -0.2) is 56.0 Å². The highest BCUT2D eigenvalue weighted by molar-refractivity contribution is 7.90. The summed E-state index contributed by atoms with van der Waals surface area (Å²) in [7, 11) is -2.01. The Bertz CT molecular complexity index is 2310. The molecule has 8 rings (SSSR count). The maximum atomic E-state index is 14.3. The molecular weight excluding hydrogens is 673 g/mol. The Hall–Kier alpha value is -4.86. The Balaban J connectivity index is 1.19. The SMILES string of the molecule is Cc1ccc(S(=O)(=O)n2cc(C3CC3)c3nc(C(=O)Nc4cccc(C5(c6nncn6C)CC(CC#N)C5)c4)cc(CN4CCC[C@H](C)C4)c32)cc1. The van der Waals surface area contributed by atoms with Crippen LogP contribution in [0.25, 0.3) is 11.0 Å². The summed E-state index contributed by atoms with van der Waals surface area (Å²) in [5, 5.41) is 21.1. The fraction of sp³-hybridized carbons (Fsp3) is 0.425. The largest absolute Gasteiger partial charge is 0.321 e. The number of anilines is 1. The summed E-state index contributed by atoms with van der Waals surface area (Å²) in [6.45, 7) is 6.51. The molecule has 268 valence electrons. The van der Waals surface area contributed by atoms with Gasteiger partial charge in [-0.25, -0.2) is 17.4 Å². The number of nitrogens with zero attached hydrogens (tertiary/aromatic N) is 7.